The Kier molecular flexibility index (Phi) is 3.46. The highest BCUT2D eigenvalue weighted by atomic mass is 16.6. The van der Waals surface area contributed by atoms with E-state index in [1.165, 1.54) is 10.8 Å². The fraction of sp³-hybridized carbons (Fsp3) is 0.733. The van der Waals surface area contributed by atoms with Gasteiger partial charge in [0.05, 0.1) is 12.2 Å². The van der Waals surface area contributed by atoms with E-state index in [4.69, 9.17) is 4.74 Å². The zero-order valence-electron chi connectivity index (χ0n) is 13.5. The van der Waals surface area contributed by atoms with Crippen molar-refractivity contribution < 1.29 is 9.84 Å². The number of aryl methyl sites for hydroxylation is 1. The summed E-state index contributed by atoms with van der Waals surface area (Å²) < 4.78 is 7.60. The molecule has 0 aromatic carbocycles. The van der Waals surface area contributed by atoms with E-state index in [-0.39, 0.29) is 12.5 Å². The topological polar surface area (TPSA) is 84.3 Å². The van der Waals surface area contributed by atoms with E-state index in [0.29, 0.717) is 5.56 Å². The molecule has 1 aromatic rings. The van der Waals surface area contributed by atoms with Crippen molar-refractivity contribution in [2.75, 3.05) is 6.61 Å². The molecule has 2 rings (SSSR count). The van der Waals surface area contributed by atoms with Crippen LogP contribution in [0.2, 0.25) is 0 Å². The maximum atomic E-state index is 12.2. The second-order valence-corrected chi connectivity index (χ2v) is 6.94. The number of hydrogen-bond donors (Lipinski definition) is 2. The normalized spacial score (nSPS) is 35.1. The van der Waals surface area contributed by atoms with E-state index in [1.807, 2.05) is 34.6 Å². The molecule has 0 aliphatic carbocycles. The lowest BCUT2D eigenvalue weighted by Crippen LogP contribution is -2.50. The van der Waals surface area contributed by atoms with Crippen LogP contribution in [0, 0.1) is 18.3 Å². The zero-order valence-corrected chi connectivity index (χ0v) is 13.5. The van der Waals surface area contributed by atoms with Gasteiger partial charge in [0.2, 0.25) is 0 Å². The number of aromatic nitrogens is 2. The molecule has 6 nitrogen and oxygen atoms in total. The van der Waals surface area contributed by atoms with Crippen LogP contribution in [0.4, 0.5) is 0 Å². The van der Waals surface area contributed by atoms with Gasteiger partial charge in [0.15, 0.2) is 5.72 Å². The Morgan fingerprint density at radius 2 is 1.90 bits per heavy atom. The van der Waals surface area contributed by atoms with Gasteiger partial charge >= 0.3 is 5.69 Å². The smallest absolute Gasteiger partial charge is 0.330 e. The highest BCUT2D eigenvalue weighted by Gasteiger charge is 2.62. The fourth-order valence-electron chi connectivity index (χ4n) is 3.25. The van der Waals surface area contributed by atoms with Gasteiger partial charge in [-0.05, 0) is 26.7 Å². The molecule has 21 heavy (non-hydrogen) atoms. The van der Waals surface area contributed by atoms with Gasteiger partial charge < -0.3 is 9.84 Å². The van der Waals surface area contributed by atoms with E-state index in [2.05, 4.69) is 4.98 Å². The van der Waals surface area contributed by atoms with Gasteiger partial charge in [-0.3, -0.25) is 14.3 Å². The second-order valence-electron chi connectivity index (χ2n) is 6.94. The van der Waals surface area contributed by atoms with Crippen LogP contribution in [-0.4, -0.2) is 26.9 Å². The van der Waals surface area contributed by atoms with Crippen molar-refractivity contribution in [1.29, 1.82) is 0 Å². The molecule has 1 fully saturated rings. The van der Waals surface area contributed by atoms with Crippen molar-refractivity contribution in [2.45, 2.75) is 52.9 Å². The van der Waals surface area contributed by atoms with Crippen molar-refractivity contribution in [3.05, 3.63) is 32.6 Å². The molecular weight excluding hydrogens is 272 g/mol. The number of rotatable bonds is 2. The van der Waals surface area contributed by atoms with Crippen molar-refractivity contribution >= 4 is 0 Å². The highest BCUT2D eigenvalue weighted by molar-refractivity contribution is 5.10. The van der Waals surface area contributed by atoms with Crippen LogP contribution in [0.25, 0.3) is 0 Å². The Hall–Kier alpha value is -1.40. The predicted octanol–water partition coefficient (Wildman–Crippen LogP) is 0.961. The molecule has 0 amide bonds. The summed E-state index contributed by atoms with van der Waals surface area (Å²) in [7, 11) is 0. The standard InChI is InChI=1S/C15H24N2O4/c1-9-7-17(12(20)16-11(9)19)15(6)13(3,4)10(2)14(5,8-18)21-15/h7,10,18H,8H2,1-6H3,(H,16,19,20). The Morgan fingerprint density at radius 3 is 2.38 bits per heavy atom. The maximum Gasteiger partial charge on any atom is 0.330 e. The first-order chi connectivity index (χ1) is 9.49. The van der Waals surface area contributed by atoms with Crippen LogP contribution in [0.15, 0.2) is 15.8 Å². The van der Waals surface area contributed by atoms with Crippen LogP contribution >= 0.6 is 0 Å². The molecule has 1 aliphatic heterocycles. The Balaban J connectivity index is 2.70. The molecule has 0 bridgehead atoms. The van der Waals surface area contributed by atoms with E-state index in [0.717, 1.165) is 0 Å². The summed E-state index contributed by atoms with van der Waals surface area (Å²) in [6.07, 6.45) is 1.53. The van der Waals surface area contributed by atoms with Gasteiger partial charge in [-0.1, -0.05) is 20.8 Å². The molecule has 3 unspecified atom stereocenters. The third-order valence-corrected chi connectivity index (χ3v) is 5.52. The van der Waals surface area contributed by atoms with Crippen LogP contribution in [0.3, 0.4) is 0 Å². The van der Waals surface area contributed by atoms with Gasteiger partial charge in [0, 0.05) is 17.2 Å². The van der Waals surface area contributed by atoms with Crippen LogP contribution in [-0.2, 0) is 10.5 Å². The number of hydrogen-bond acceptors (Lipinski definition) is 4. The summed E-state index contributed by atoms with van der Waals surface area (Å²) in [6, 6.07) is 0. The summed E-state index contributed by atoms with van der Waals surface area (Å²) in [5, 5.41) is 9.70. The maximum absolute atomic E-state index is 12.2. The number of nitrogens with one attached hydrogen (secondary N) is 1. The monoisotopic (exact) mass is 296 g/mol. The Bertz CT molecular complexity index is 675. The second kappa shape index (κ2) is 4.55. The third kappa shape index (κ3) is 2.00. The quantitative estimate of drug-likeness (QED) is 0.851. The van der Waals surface area contributed by atoms with E-state index < -0.39 is 28.0 Å². The molecular formula is C15H24N2O4. The van der Waals surface area contributed by atoms with E-state index >= 15 is 0 Å². The molecule has 1 aromatic heterocycles. The zero-order chi connectivity index (χ0) is 16.2. The lowest BCUT2D eigenvalue weighted by atomic mass is 9.69. The first kappa shape index (κ1) is 16.0. The summed E-state index contributed by atoms with van der Waals surface area (Å²) in [4.78, 5) is 26.1. The minimum Gasteiger partial charge on any atom is -0.393 e. The first-order valence-corrected chi connectivity index (χ1v) is 7.14. The van der Waals surface area contributed by atoms with Crippen molar-refractivity contribution in [3.63, 3.8) is 0 Å². The largest absolute Gasteiger partial charge is 0.393 e. The van der Waals surface area contributed by atoms with Crippen molar-refractivity contribution in [3.8, 4) is 0 Å². The molecule has 118 valence electrons. The number of nitrogens with zero attached hydrogens (tertiary/aromatic N) is 1. The van der Waals surface area contributed by atoms with Gasteiger partial charge in [-0.15, -0.1) is 0 Å². The van der Waals surface area contributed by atoms with Gasteiger partial charge in [0.25, 0.3) is 5.56 Å². The molecule has 0 saturated carbocycles. The third-order valence-electron chi connectivity index (χ3n) is 5.52. The van der Waals surface area contributed by atoms with Crippen molar-refractivity contribution in [2.24, 2.45) is 11.3 Å². The molecule has 2 N–H and O–H groups in total. The minimum atomic E-state index is -0.962. The molecule has 0 spiro atoms. The summed E-state index contributed by atoms with van der Waals surface area (Å²) in [5.41, 5.74) is -2.58. The molecule has 2 heterocycles. The van der Waals surface area contributed by atoms with Gasteiger partial charge in [-0.2, -0.15) is 0 Å². The lowest BCUT2D eigenvalue weighted by molar-refractivity contribution is -0.174. The number of ether oxygens (including phenoxy) is 1. The summed E-state index contributed by atoms with van der Waals surface area (Å²) >= 11 is 0. The van der Waals surface area contributed by atoms with Crippen LogP contribution < -0.4 is 11.2 Å². The number of aromatic amines is 1. The van der Waals surface area contributed by atoms with E-state index in [9.17, 15) is 14.7 Å². The Labute approximate surface area is 123 Å². The number of H-pyrrole nitrogens is 1. The average Bonchev–Trinajstić information content (AvgIpc) is 2.54. The van der Waals surface area contributed by atoms with Crippen LogP contribution in [0.1, 0.15) is 40.2 Å². The first-order valence-electron chi connectivity index (χ1n) is 7.14. The van der Waals surface area contributed by atoms with Gasteiger partial charge in [0.1, 0.15) is 0 Å². The van der Waals surface area contributed by atoms with Gasteiger partial charge in [-0.25, -0.2) is 4.79 Å². The number of aliphatic hydroxyl groups is 1. The molecule has 6 heteroatoms. The Morgan fingerprint density at radius 1 is 1.33 bits per heavy atom. The SMILES string of the molecule is Cc1cn(C2(C)OC(C)(CO)C(C)C2(C)C)c(=O)[nH]c1=O. The minimum absolute atomic E-state index is 0.0131. The van der Waals surface area contributed by atoms with E-state index in [1.54, 1.807) is 6.92 Å². The molecule has 1 aliphatic rings. The number of aliphatic hydroxyl groups excluding tert-OH is 1. The fourth-order valence-corrected chi connectivity index (χ4v) is 3.25. The molecule has 3 atom stereocenters. The summed E-state index contributed by atoms with van der Waals surface area (Å²) in [5.74, 6) is 0.0131. The molecule has 0 radical (unpaired) electrons. The average molecular weight is 296 g/mol. The lowest BCUT2D eigenvalue weighted by Gasteiger charge is -2.39. The predicted molar refractivity (Wildman–Crippen MR) is 79.2 cm³/mol. The highest BCUT2D eigenvalue weighted by Crippen LogP contribution is 2.56. The summed E-state index contributed by atoms with van der Waals surface area (Å²) in [6.45, 7) is 11.2. The molecule has 1 saturated heterocycles. The van der Waals surface area contributed by atoms with Crippen LogP contribution in [0.5, 0.6) is 0 Å². The van der Waals surface area contributed by atoms with Crippen molar-refractivity contribution in [1.82, 2.24) is 9.55 Å².